The second-order valence-electron chi connectivity index (χ2n) is 6.50. The molecule has 0 saturated heterocycles. The molecule has 2 aromatic heterocycles. The van der Waals surface area contributed by atoms with Crippen molar-refractivity contribution in [2.24, 2.45) is 0 Å². The summed E-state index contributed by atoms with van der Waals surface area (Å²) in [6.45, 7) is 0.490. The molecule has 0 aliphatic carbocycles. The van der Waals surface area contributed by atoms with Crippen LogP contribution in [0.15, 0.2) is 53.9 Å². The number of nitrogens with zero attached hydrogens (tertiary/aromatic N) is 3. The molecule has 1 N–H and O–H groups in total. The summed E-state index contributed by atoms with van der Waals surface area (Å²) in [5.74, 6) is 0.847. The van der Waals surface area contributed by atoms with Crippen molar-refractivity contribution >= 4 is 22.2 Å². The second-order valence-corrected chi connectivity index (χ2v) is 7.33. The summed E-state index contributed by atoms with van der Waals surface area (Å²) < 4.78 is 20.4. The van der Waals surface area contributed by atoms with Gasteiger partial charge in [-0.3, -0.25) is 4.79 Å². The lowest BCUT2D eigenvalue weighted by molar-refractivity contribution is -0.120. The first-order chi connectivity index (χ1) is 14.1. The molecule has 4 rings (SSSR count). The fraction of sp³-hybridized carbons (Fsp3) is 0.190. The number of methoxy groups -OCH3 is 1. The normalized spacial score (nSPS) is 11.0. The van der Waals surface area contributed by atoms with Gasteiger partial charge >= 0.3 is 0 Å². The highest BCUT2D eigenvalue weighted by Crippen LogP contribution is 2.21. The largest absolute Gasteiger partial charge is 0.497 e. The van der Waals surface area contributed by atoms with Crippen LogP contribution in [0.2, 0.25) is 0 Å². The summed E-state index contributed by atoms with van der Waals surface area (Å²) in [7, 11) is 1.60. The zero-order valence-electron chi connectivity index (χ0n) is 15.8. The van der Waals surface area contributed by atoms with E-state index < -0.39 is 0 Å². The van der Waals surface area contributed by atoms with Gasteiger partial charge in [0.1, 0.15) is 11.6 Å². The van der Waals surface area contributed by atoms with Gasteiger partial charge in [0.25, 0.3) is 0 Å². The number of ether oxygens (including phenoxy) is 1. The Balaban J connectivity index is 1.37. The molecule has 8 heteroatoms. The van der Waals surface area contributed by atoms with E-state index in [0.717, 1.165) is 22.0 Å². The summed E-state index contributed by atoms with van der Waals surface area (Å²) in [6.07, 6.45) is 0.916. The fourth-order valence-electron chi connectivity index (χ4n) is 3.01. The van der Waals surface area contributed by atoms with Gasteiger partial charge in [-0.1, -0.05) is 24.3 Å². The molecule has 6 nitrogen and oxygen atoms in total. The van der Waals surface area contributed by atoms with E-state index in [9.17, 15) is 9.18 Å². The van der Waals surface area contributed by atoms with Gasteiger partial charge in [-0.15, -0.1) is 16.4 Å². The van der Waals surface area contributed by atoms with Crippen LogP contribution in [0.25, 0.3) is 16.3 Å². The van der Waals surface area contributed by atoms with Crippen molar-refractivity contribution in [1.82, 2.24) is 19.9 Å². The van der Waals surface area contributed by atoms with Crippen LogP contribution in [0.5, 0.6) is 5.75 Å². The summed E-state index contributed by atoms with van der Waals surface area (Å²) in [6, 6.07) is 13.7. The van der Waals surface area contributed by atoms with E-state index in [1.807, 2.05) is 29.6 Å². The third-order valence-electron chi connectivity index (χ3n) is 4.43. The predicted octanol–water partition coefficient (Wildman–Crippen LogP) is 3.51. The zero-order valence-corrected chi connectivity index (χ0v) is 16.6. The maximum Gasteiger partial charge on any atom is 0.224 e. The molecular weight excluding hydrogens is 391 g/mol. The van der Waals surface area contributed by atoms with Crippen molar-refractivity contribution in [3.8, 4) is 17.1 Å². The number of aromatic nitrogens is 3. The maximum atomic E-state index is 13.4. The highest BCUT2D eigenvalue weighted by molar-refractivity contribution is 7.15. The predicted molar refractivity (Wildman–Crippen MR) is 110 cm³/mol. The average molecular weight is 410 g/mol. The van der Waals surface area contributed by atoms with Crippen LogP contribution >= 0.6 is 11.3 Å². The first-order valence-electron chi connectivity index (χ1n) is 9.11. The van der Waals surface area contributed by atoms with Gasteiger partial charge in [-0.25, -0.2) is 8.91 Å². The molecule has 0 aliphatic heterocycles. The Morgan fingerprint density at radius 2 is 2.10 bits per heavy atom. The summed E-state index contributed by atoms with van der Waals surface area (Å²) in [4.78, 5) is 17.4. The molecule has 0 atom stereocenters. The second kappa shape index (κ2) is 8.40. The number of benzene rings is 2. The molecule has 0 saturated carbocycles. The lowest BCUT2D eigenvalue weighted by Crippen LogP contribution is -2.27. The standard InChI is InChI=1S/C21H19FN4O2S/c1-28-18-7-2-4-14(10-18)11-19(27)23-9-8-17-13-29-21-24-20(25-26(17)21)15-5-3-6-16(22)12-15/h2-7,10,12-13H,8-9,11H2,1H3,(H,23,27). The lowest BCUT2D eigenvalue weighted by atomic mass is 10.1. The van der Waals surface area contributed by atoms with E-state index in [0.29, 0.717) is 30.8 Å². The lowest BCUT2D eigenvalue weighted by Gasteiger charge is -2.06. The number of halogens is 1. The van der Waals surface area contributed by atoms with Crippen LogP contribution in [0.1, 0.15) is 11.3 Å². The summed E-state index contributed by atoms with van der Waals surface area (Å²) >= 11 is 1.47. The van der Waals surface area contributed by atoms with Gasteiger partial charge in [0.15, 0.2) is 5.82 Å². The smallest absolute Gasteiger partial charge is 0.224 e. The Morgan fingerprint density at radius 1 is 1.24 bits per heavy atom. The number of rotatable bonds is 7. The van der Waals surface area contributed by atoms with Crippen LogP contribution in [0, 0.1) is 5.82 Å². The van der Waals surface area contributed by atoms with Crippen molar-refractivity contribution in [3.05, 3.63) is 71.0 Å². The molecule has 4 aromatic rings. The number of thiazole rings is 1. The Labute approximate surface area is 171 Å². The van der Waals surface area contributed by atoms with E-state index in [4.69, 9.17) is 4.74 Å². The highest BCUT2D eigenvalue weighted by atomic mass is 32.1. The summed E-state index contributed by atoms with van der Waals surface area (Å²) in [5.41, 5.74) is 2.48. The first kappa shape index (κ1) is 19.1. The number of amides is 1. The Bertz CT molecular complexity index is 1150. The molecule has 0 fully saturated rings. The van der Waals surface area contributed by atoms with Crippen molar-refractivity contribution in [2.45, 2.75) is 12.8 Å². The number of nitrogens with one attached hydrogen (secondary N) is 1. The van der Waals surface area contributed by atoms with Gasteiger partial charge in [-0.05, 0) is 29.8 Å². The van der Waals surface area contributed by atoms with E-state index in [2.05, 4.69) is 15.4 Å². The minimum absolute atomic E-state index is 0.0521. The van der Waals surface area contributed by atoms with Gasteiger partial charge in [0.2, 0.25) is 10.9 Å². The van der Waals surface area contributed by atoms with Gasteiger partial charge < -0.3 is 10.1 Å². The zero-order chi connectivity index (χ0) is 20.2. The van der Waals surface area contributed by atoms with Gasteiger partial charge in [-0.2, -0.15) is 4.98 Å². The number of carbonyl (C=O) groups is 1. The number of fused-ring (bicyclic) bond motifs is 1. The van der Waals surface area contributed by atoms with Crippen LogP contribution in [0.3, 0.4) is 0 Å². The monoisotopic (exact) mass is 410 g/mol. The van der Waals surface area contributed by atoms with Crippen molar-refractivity contribution in [1.29, 1.82) is 0 Å². The molecule has 1 amide bonds. The number of carbonyl (C=O) groups excluding carboxylic acids is 1. The SMILES string of the molecule is COc1cccc(CC(=O)NCCc2csc3nc(-c4cccc(F)c4)nn23)c1. The maximum absolute atomic E-state index is 13.4. The third kappa shape index (κ3) is 4.43. The molecule has 0 aliphatic rings. The highest BCUT2D eigenvalue weighted by Gasteiger charge is 2.12. The van der Waals surface area contributed by atoms with Crippen LogP contribution in [-0.2, 0) is 17.6 Å². The Kier molecular flexibility index (Phi) is 5.53. The van der Waals surface area contributed by atoms with Crippen LogP contribution < -0.4 is 10.1 Å². The average Bonchev–Trinajstić information content (AvgIpc) is 3.30. The minimum atomic E-state index is -0.320. The molecule has 0 bridgehead atoms. The quantitative estimate of drug-likeness (QED) is 0.506. The molecule has 0 unspecified atom stereocenters. The van der Waals surface area contributed by atoms with Gasteiger partial charge in [0, 0.05) is 23.9 Å². The van der Waals surface area contributed by atoms with Crippen molar-refractivity contribution < 1.29 is 13.9 Å². The minimum Gasteiger partial charge on any atom is -0.497 e. The third-order valence-corrected chi connectivity index (χ3v) is 5.30. The first-order valence-corrected chi connectivity index (χ1v) is 9.99. The summed E-state index contributed by atoms with van der Waals surface area (Å²) in [5, 5.41) is 9.39. The van der Waals surface area contributed by atoms with E-state index in [-0.39, 0.29) is 11.7 Å². The van der Waals surface area contributed by atoms with Crippen molar-refractivity contribution in [2.75, 3.05) is 13.7 Å². The molecule has 148 valence electrons. The number of hydrogen-bond acceptors (Lipinski definition) is 5. The molecule has 29 heavy (non-hydrogen) atoms. The fourth-order valence-corrected chi connectivity index (χ4v) is 3.86. The van der Waals surface area contributed by atoms with Gasteiger partial charge in [0.05, 0.1) is 19.2 Å². The van der Waals surface area contributed by atoms with E-state index in [1.54, 1.807) is 23.8 Å². The van der Waals surface area contributed by atoms with Crippen LogP contribution in [0.4, 0.5) is 4.39 Å². The Morgan fingerprint density at radius 3 is 2.93 bits per heavy atom. The molecule has 2 aromatic carbocycles. The molecular formula is C21H19FN4O2S. The van der Waals surface area contributed by atoms with Crippen LogP contribution in [-0.4, -0.2) is 34.2 Å². The van der Waals surface area contributed by atoms with E-state index in [1.165, 1.54) is 23.5 Å². The molecule has 0 radical (unpaired) electrons. The number of hydrogen-bond donors (Lipinski definition) is 1. The Hall–Kier alpha value is -3.26. The van der Waals surface area contributed by atoms with Crippen molar-refractivity contribution in [3.63, 3.8) is 0 Å². The molecule has 2 heterocycles. The molecule has 0 spiro atoms. The van der Waals surface area contributed by atoms with E-state index >= 15 is 0 Å². The topological polar surface area (TPSA) is 68.5 Å².